The zero-order valence-electron chi connectivity index (χ0n) is 10.8. The number of nitrogens with one attached hydrogen (secondary N) is 1. The molecule has 1 atom stereocenters. The Labute approximate surface area is 113 Å². The molecule has 0 aliphatic heterocycles. The second-order valence-corrected chi connectivity index (χ2v) is 4.70. The minimum absolute atomic E-state index is 0.101. The standard InChI is InChI=1S/C14H19ClFNO/c1-4-7-17-11(3)13-6-5-12(16)8-14(13)18-9-10(2)15/h5-6,8,11,17H,2,4,7,9H2,1,3H3. The van der Waals surface area contributed by atoms with E-state index in [4.69, 9.17) is 16.3 Å². The van der Waals surface area contributed by atoms with Gasteiger partial charge in [0.05, 0.1) is 0 Å². The van der Waals surface area contributed by atoms with Crippen molar-refractivity contribution >= 4 is 11.6 Å². The van der Waals surface area contributed by atoms with Gasteiger partial charge < -0.3 is 10.1 Å². The molecule has 0 aliphatic carbocycles. The van der Waals surface area contributed by atoms with E-state index in [2.05, 4.69) is 18.8 Å². The fourth-order valence-corrected chi connectivity index (χ4v) is 1.67. The Balaban J connectivity index is 2.84. The second kappa shape index (κ2) is 7.39. The number of hydrogen-bond donors (Lipinski definition) is 1. The summed E-state index contributed by atoms with van der Waals surface area (Å²) in [6.07, 6.45) is 1.04. The van der Waals surface area contributed by atoms with Gasteiger partial charge in [-0.25, -0.2) is 4.39 Å². The van der Waals surface area contributed by atoms with E-state index in [1.54, 1.807) is 6.07 Å². The Morgan fingerprint density at radius 1 is 1.56 bits per heavy atom. The van der Waals surface area contributed by atoms with Crippen LogP contribution in [0.3, 0.4) is 0 Å². The van der Waals surface area contributed by atoms with E-state index in [-0.39, 0.29) is 18.5 Å². The van der Waals surface area contributed by atoms with Crippen LogP contribution in [0.2, 0.25) is 0 Å². The fourth-order valence-electron chi connectivity index (χ4n) is 1.62. The molecule has 0 fully saturated rings. The third-order valence-electron chi connectivity index (χ3n) is 2.53. The van der Waals surface area contributed by atoms with Gasteiger partial charge in [0, 0.05) is 22.7 Å². The number of hydrogen-bond acceptors (Lipinski definition) is 2. The molecule has 1 N–H and O–H groups in total. The van der Waals surface area contributed by atoms with Crippen molar-refractivity contribution in [3.8, 4) is 5.75 Å². The summed E-state index contributed by atoms with van der Waals surface area (Å²) in [6, 6.07) is 4.64. The lowest BCUT2D eigenvalue weighted by atomic mass is 10.1. The van der Waals surface area contributed by atoms with E-state index in [9.17, 15) is 4.39 Å². The largest absolute Gasteiger partial charge is 0.488 e. The number of halogens is 2. The van der Waals surface area contributed by atoms with Crippen LogP contribution in [-0.2, 0) is 0 Å². The van der Waals surface area contributed by atoms with Crippen LogP contribution in [0.1, 0.15) is 31.9 Å². The molecule has 1 aromatic carbocycles. The van der Waals surface area contributed by atoms with Gasteiger partial charge in [-0.3, -0.25) is 0 Å². The van der Waals surface area contributed by atoms with Crippen LogP contribution in [0.15, 0.2) is 29.8 Å². The van der Waals surface area contributed by atoms with Crippen LogP contribution in [-0.4, -0.2) is 13.2 Å². The molecule has 0 aromatic heterocycles. The van der Waals surface area contributed by atoms with Crippen molar-refractivity contribution in [1.29, 1.82) is 0 Å². The van der Waals surface area contributed by atoms with Crippen LogP contribution in [0.4, 0.5) is 4.39 Å². The summed E-state index contributed by atoms with van der Waals surface area (Å²) in [6.45, 7) is 8.75. The Bertz CT molecular complexity index is 409. The van der Waals surface area contributed by atoms with Crippen LogP contribution in [0.5, 0.6) is 5.75 Å². The van der Waals surface area contributed by atoms with Crippen molar-refractivity contribution in [2.45, 2.75) is 26.3 Å². The monoisotopic (exact) mass is 271 g/mol. The van der Waals surface area contributed by atoms with E-state index in [0.717, 1.165) is 18.5 Å². The van der Waals surface area contributed by atoms with E-state index in [0.29, 0.717) is 10.8 Å². The fraction of sp³-hybridized carbons (Fsp3) is 0.429. The van der Waals surface area contributed by atoms with Crippen LogP contribution >= 0.6 is 11.6 Å². The molecule has 0 amide bonds. The van der Waals surface area contributed by atoms with Crippen molar-refractivity contribution in [2.24, 2.45) is 0 Å². The van der Waals surface area contributed by atoms with E-state index in [1.807, 2.05) is 6.92 Å². The lowest BCUT2D eigenvalue weighted by Crippen LogP contribution is -2.20. The molecule has 0 radical (unpaired) electrons. The van der Waals surface area contributed by atoms with Gasteiger partial charge in [0.25, 0.3) is 0 Å². The molecule has 1 unspecified atom stereocenters. The summed E-state index contributed by atoms with van der Waals surface area (Å²) in [5.74, 6) is 0.185. The zero-order chi connectivity index (χ0) is 13.5. The summed E-state index contributed by atoms with van der Waals surface area (Å²) in [7, 11) is 0. The molecule has 18 heavy (non-hydrogen) atoms. The molecule has 0 saturated carbocycles. The maximum Gasteiger partial charge on any atom is 0.127 e. The number of ether oxygens (including phenoxy) is 1. The lowest BCUT2D eigenvalue weighted by molar-refractivity contribution is 0.348. The van der Waals surface area contributed by atoms with Gasteiger partial charge in [0.1, 0.15) is 18.2 Å². The molecular weight excluding hydrogens is 253 g/mol. The molecule has 0 bridgehead atoms. The van der Waals surface area contributed by atoms with Crippen LogP contribution in [0.25, 0.3) is 0 Å². The normalized spacial score (nSPS) is 12.2. The minimum Gasteiger partial charge on any atom is -0.488 e. The average molecular weight is 272 g/mol. The molecular formula is C14H19ClFNO. The van der Waals surface area contributed by atoms with Crippen molar-refractivity contribution in [3.63, 3.8) is 0 Å². The predicted octanol–water partition coefficient (Wildman–Crippen LogP) is 4.02. The van der Waals surface area contributed by atoms with Crippen LogP contribution in [0, 0.1) is 5.82 Å². The SMILES string of the molecule is C=C(Cl)COc1cc(F)ccc1C(C)NCCC. The lowest BCUT2D eigenvalue weighted by Gasteiger charge is -2.18. The molecule has 4 heteroatoms. The quantitative estimate of drug-likeness (QED) is 0.809. The third kappa shape index (κ3) is 4.67. The first kappa shape index (κ1) is 15.0. The Morgan fingerprint density at radius 3 is 2.89 bits per heavy atom. The predicted molar refractivity (Wildman–Crippen MR) is 73.6 cm³/mol. The smallest absolute Gasteiger partial charge is 0.127 e. The Morgan fingerprint density at radius 2 is 2.28 bits per heavy atom. The number of rotatable bonds is 7. The van der Waals surface area contributed by atoms with Crippen molar-refractivity contribution in [2.75, 3.05) is 13.2 Å². The van der Waals surface area contributed by atoms with Gasteiger partial charge in [-0.1, -0.05) is 31.2 Å². The van der Waals surface area contributed by atoms with Gasteiger partial charge in [-0.2, -0.15) is 0 Å². The highest BCUT2D eigenvalue weighted by Crippen LogP contribution is 2.26. The molecule has 100 valence electrons. The molecule has 0 aliphatic rings. The minimum atomic E-state index is -0.323. The maximum absolute atomic E-state index is 13.2. The highest BCUT2D eigenvalue weighted by atomic mass is 35.5. The van der Waals surface area contributed by atoms with Gasteiger partial charge in [0.2, 0.25) is 0 Å². The van der Waals surface area contributed by atoms with Crippen LogP contribution < -0.4 is 10.1 Å². The average Bonchev–Trinajstić information content (AvgIpc) is 2.33. The van der Waals surface area contributed by atoms with E-state index >= 15 is 0 Å². The first-order valence-electron chi connectivity index (χ1n) is 6.03. The second-order valence-electron chi connectivity index (χ2n) is 4.16. The van der Waals surface area contributed by atoms with Gasteiger partial charge >= 0.3 is 0 Å². The van der Waals surface area contributed by atoms with Crippen molar-refractivity contribution in [1.82, 2.24) is 5.32 Å². The van der Waals surface area contributed by atoms with Gasteiger partial charge in [0.15, 0.2) is 0 Å². The molecule has 1 rings (SSSR count). The summed E-state index contributed by atoms with van der Waals surface area (Å²) < 4.78 is 18.7. The van der Waals surface area contributed by atoms with Crippen molar-refractivity contribution in [3.05, 3.63) is 41.2 Å². The molecule has 0 saturated heterocycles. The molecule has 2 nitrogen and oxygen atoms in total. The Kier molecular flexibility index (Phi) is 6.16. The van der Waals surface area contributed by atoms with E-state index in [1.165, 1.54) is 12.1 Å². The summed E-state index contributed by atoms with van der Waals surface area (Å²) >= 11 is 5.65. The van der Waals surface area contributed by atoms with Gasteiger partial charge in [-0.05, 0) is 26.0 Å². The summed E-state index contributed by atoms with van der Waals surface area (Å²) in [5, 5.41) is 3.73. The van der Waals surface area contributed by atoms with Crippen molar-refractivity contribution < 1.29 is 9.13 Å². The summed E-state index contributed by atoms with van der Waals surface area (Å²) in [5.41, 5.74) is 0.919. The molecule has 0 spiro atoms. The summed E-state index contributed by atoms with van der Waals surface area (Å²) in [4.78, 5) is 0. The van der Waals surface area contributed by atoms with E-state index < -0.39 is 0 Å². The highest BCUT2D eigenvalue weighted by molar-refractivity contribution is 6.29. The Hall–Kier alpha value is -1.06. The maximum atomic E-state index is 13.2. The first-order valence-corrected chi connectivity index (χ1v) is 6.41. The zero-order valence-corrected chi connectivity index (χ0v) is 11.6. The highest BCUT2D eigenvalue weighted by Gasteiger charge is 2.12. The third-order valence-corrected chi connectivity index (χ3v) is 2.64. The first-order chi connectivity index (χ1) is 8.54. The number of benzene rings is 1. The topological polar surface area (TPSA) is 21.3 Å². The molecule has 0 heterocycles. The van der Waals surface area contributed by atoms with Gasteiger partial charge in [-0.15, -0.1) is 0 Å². The molecule has 1 aromatic rings.